The molecule has 2 amide bonds. The molecule has 8 heteroatoms. The van der Waals surface area contributed by atoms with Crippen LogP contribution in [0.25, 0.3) is 22.2 Å². The number of aromatic amines is 1. The summed E-state index contributed by atoms with van der Waals surface area (Å²) in [6.07, 6.45) is 2.36. The van der Waals surface area contributed by atoms with E-state index in [0.717, 1.165) is 24.5 Å². The highest BCUT2D eigenvalue weighted by atomic mass is 19.1. The standard InChI is InChI=1S/C24H22F3N3O2/c25-15-3-1-13(2-4-15)22-21(17-9-16(26)10-18(27)23(17)30-22)14-7-12(8-14)11-28-24(32)19-5-6-20(31)29-19/h1-4,9-10,12,14,19,30H,5-8,11H2,(H,28,32)(H,29,31)/t12?,14?,19-/m0/s1. The molecule has 5 nitrogen and oxygen atoms in total. The van der Waals surface area contributed by atoms with Gasteiger partial charge in [-0.05, 0) is 72.6 Å². The Morgan fingerprint density at radius 3 is 2.50 bits per heavy atom. The van der Waals surface area contributed by atoms with Gasteiger partial charge in [0.15, 0.2) is 0 Å². The van der Waals surface area contributed by atoms with Crippen molar-refractivity contribution in [1.82, 2.24) is 15.6 Å². The van der Waals surface area contributed by atoms with Crippen molar-refractivity contribution in [3.05, 3.63) is 59.4 Å². The minimum Gasteiger partial charge on any atom is -0.354 e. The quantitative estimate of drug-likeness (QED) is 0.557. The summed E-state index contributed by atoms with van der Waals surface area (Å²) >= 11 is 0. The zero-order valence-electron chi connectivity index (χ0n) is 17.2. The smallest absolute Gasteiger partial charge is 0.242 e. The third-order valence-corrected chi connectivity index (χ3v) is 6.52. The fourth-order valence-corrected chi connectivity index (χ4v) is 4.83. The average Bonchev–Trinajstić information content (AvgIpc) is 3.32. The van der Waals surface area contributed by atoms with Crippen LogP contribution >= 0.6 is 0 Å². The van der Waals surface area contributed by atoms with Crippen LogP contribution in [0.5, 0.6) is 0 Å². The Morgan fingerprint density at radius 2 is 1.81 bits per heavy atom. The lowest BCUT2D eigenvalue weighted by atomic mass is 9.70. The number of halogens is 3. The maximum absolute atomic E-state index is 14.5. The van der Waals surface area contributed by atoms with Crippen molar-refractivity contribution in [1.29, 1.82) is 0 Å². The topological polar surface area (TPSA) is 74.0 Å². The Morgan fingerprint density at radius 1 is 1.06 bits per heavy atom. The molecule has 1 aliphatic carbocycles. The second-order valence-electron chi connectivity index (χ2n) is 8.67. The van der Waals surface area contributed by atoms with E-state index in [9.17, 15) is 22.8 Å². The molecule has 2 fully saturated rings. The van der Waals surface area contributed by atoms with Gasteiger partial charge < -0.3 is 15.6 Å². The van der Waals surface area contributed by atoms with Crippen molar-refractivity contribution in [2.24, 2.45) is 5.92 Å². The Bertz CT molecular complexity index is 1200. The van der Waals surface area contributed by atoms with Gasteiger partial charge in [-0.2, -0.15) is 0 Å². The number of nitrogens with one attached hydrogen (secondary N) is 3. The van der Waals surface area contributed by atoms with Crippen LogP contribution in [0.15, 0.2) is 36.4 Å². The van der Waals surface area contributed by atoms with E-state index in [1.54, 1.807) is 12.1 Å². The molecule has 32 heavy (non-hydrogen) atoms. The first kappa shape index (κ1) is 20.6. The second kappa shape index (κ2) is 8.00. The fraction of sp³-hybridized carbons (Fsp3) is 0.333. The maximum atomic E-state index is 14.5. The van der Waals surface area contributed by atoms with E-state index in [2.05, 4.69) is 15.6 Å². The fourth-order valence-electron chi connectivity index (χ4n) is 4.83. The molecular weight excluding hydrogens is 419 g/mol. The number of fused-ring (bicyclic) bond motifs is 1. The van der Waals surface area contributed by atoms with Gasteiger partial charge in [-0.3, -0.25) is 9.59 Å². The second-order valence-corrected chi connectivity index (χ2v) is 8.67. The number of H-pyrrole nitrogens is 1. The highest BCUT2D eigenvalue weighted by molar-refractivity contribution is 5.92. The number of hydrogen-bond acceptors (Lipinski definition) is 2. The van der Waals surface area contributed by atoms with Crippen molar-refractivity contribution >= 4 is 22.7 Å². The molecule has 1 atom stereocenters. The molecule has 166 valence electrons. The van der Waals surface area contributed by atoms with Crippen molar-refractivity contribution in [2.75, 3.05) is 6.54 Å². The Hall–Kier alpha value is -3.29. The summed E-state index contributed by atoms with van der Waals surface area (Å²) in [4.78, 5) is 26.6. The minimum atomic E-state index is -0.670. The van der Waals surface area contributed by atoms with Crippen LogP contribution in [-0.2, 0) is 9.59 Å². The molecule has 1 saturated heterocycles. The molecule has 3 N–H and O–H groups in total. The van der Waals surface area contributed by atoms with Crippen molar-refractivity contribution < 1.29 is 22.8 Å². The maximum Gasteiger partial charge on any atom is 0.242 e. The lowest BCUT2D eigenvalue weighted by Gasteiger charge is -2.36. The molecule has 2 aromatic carbocycles. The first-order valence-electron chi connectivity index (χ1n) is 10.7. The van der Waals surface area contributed by atoms with Gasteiger partial charge in [0.25, 0.3) is 0 Å². The van der Waals surface area contributed by atoms with Crippen molar-refractivity contribution in [3.63, 3.8) is 0 Å². The third-order valence-electron chi connectivity index (χ3n) is 6.52. The number of hydrogen-bond donors (Lipinski definition) is 3. The molecule has 0 spiro atoms. The third kappa shape index (κ3) is 3.74. The normalized spacial score (nSPS) is 22.6. The summed E-state index contributed by atoms with van der Waals surface area (Å²) in [5, 5.41) is 6.04. The van der Waals surface area contributed by atoms with Gasteiger partial charge in [0.1, 0.15) is 23.5 Å². The monoisotopic (exact) mass is 441 g/mol. The number of rotatable bonds is 5. The first-order valence-corrected chi connectivity index (χ1v) is 10.7. The first-order chi connectivity index (χ1) is 15.4. The number of benzene rings is 2. The van der Waals surface area contributed by atoms with Gasteiger partial charge in [-0.25, -0.2) is 13.2 Å². The van der Waals surface area contributed by atoms with Gasteiger partial charge in [-0.15, -0.1) is 0 Å². The number of carbonyl (C=O) groups excluding carboxylic acids is 2. The van der Waals surface area contributed by atoms with Gasteiger partial charge in [-0.1, -0.05) is 0 Å². The Labute approximate surface area is 182 Å². The van der Waals surface area contributed by atoms with Crippen LogP contribution in [0.3, 0.4) is 0 Å². The summed E-state index contributed by atoms with van der Waals surface area (Å²) in [7, 11) is 0. The zero-order chi connectivity index (χ0) is 22.4. The number of carbonyl (C=O) groups is 2. The van der Waals surface area contributed by atoms with Crippen LogP contribution in [-0.4, -0.2) is 29.4 Å². The van der Waals surface area contributed by atoms with E-state index >= 15 is 0 Å². The van der Waals surface area contributed by atoms with E-state index in [1.807, 2.05) is 0 Å². The van der Waals surface area contributed by atoms with Crippen molar-refractivity contribution in [3.8, 4) is 11.3 Å². The molecule has 0 bridgehead atoms. The van der Waals surface area contributed by atoms with Gasteiger partial charge >= 0.3 is 0 Å². The molecule has 1 aromatic heterocycles. The Balaban J connectivity index is 1.36. The van der Waals surface area contributed by atoms with Gasteiger partial charge in [0.2, 0.25) is 11.8 Å². The van der Waals surface area contributed by atoms with Gasteiger partial charge in [0, 0.05) is 24.4 Å². The highest BCUT2D eigenvalue weighted by Gasteiger charge is 2.35. The zero-order valence-corrected chi connectivity index (χ0v) is 17.2. The molecule has 0 unspecified atom stereocenters. The summed E-state index contributed by atoms with van der Waals surface area (Å²) in [5.41, 5.74) is 2.40. The van der Waals surface area contributed by atoms with E-state index in [0.29, 0.717) is 36.0 Å². The molecule has 5 rings (SSSR count). The van der Waals surface area contributed by atoms with E-state index in [1.165, 1.54) is 18.2 Å². The number of aromatic nitrogens is 1. The van der Waals surface area contributed by atoms with Gasteiger partial charge in [0.05, 0.1) is 11.2 Å². The molecular formula is C24H22F3N3O2. The lowest BCUT2D eigenvalue weighted by Crippen LogP contribution is -2.44. The SMILES string of the molecule is O=C1CC[C@@H](C(=O)NCC2CC(c3c(-c4ccc(F)cc4)[nH]c4c(F)cc(F)cc34)C2)N1. The minimum absolute atomic E-state index is 0.0538. The average molecular weight is 441 g/mol. The molecule has 1 saturated carbocycles. The summed E-state index contributed by atoms with van der Waals surface area (Å²) in [6.45, 7) is 0.485. The number of amides is 2. The largest absolute Gasteiger partial charge is 0.354 e. The van der Waals surface area contributed by atoms with E-state index in [-0.39, 0.29) is 35.0 Å². The summed E-state index contributed by atoms with van der Waals surface area (Å²) < 4.78 is 41.9. The molecule has 2 heterocycles. The van der Waals surface area contributed by atoms with Crippen LogP contribution in [0.4, 0.5) is 13.2 Å². The molecule has 3 aromatic rings. The van der Waals surface area contributed by atoms with Crippen LogP contribution in [0, 0.1) is 23.4 Å². The molecule has 0 radical (unpaired) electrons. The Kier molecular flexibility index (Phi) is 5.15. The van der Waals surface area contributed by atoms with Crippen LogP contribution in [0.2, 0.25) is 0 Å². The van der Waals surface area contributed by atoms with E-state index in [4.69, 9.17) is 0 Å². The predicted octanol–water partition coefficient (Wildman–Crippen LogP) is 4.14. The summed E-state index contributed by atoms with van der Waals surface area (Å²) in [6, 6.07) is 7.61. The van der Waals surface area contributed by atoms with E-state index < -0.39 is 17.7 Å². The predicted molar refractivity (Wildman–Crippen MR) is 113 cm³/mol. The van der Waals surface area contributed by atoms with Crippen LogP contribution < -0.4 is 10.6 Å². The molecule has 2 aliphatic rings. The lowest BCUT2D eigenvalue weighted by molar-refractivity contribution is -0.126. The van der Waals surface area contributed by atoms with Crippen LogP contribution in [0.1, 0.15) is 37.2 Å². The molecule has 1 aliphatic heterocycles. The van der Waals surface area contributed by atoms with Crippen molar-refractivity contribution in [2.45, 2.75) is 37.6 Å². The summed E-state index contributed by atoms with van der Waals surface area (Å²) in [5.74, 6) is -1.70. The highest BCUT2D eigenvalue weighted by Crippen LogP contribution is 2.48.